The van der Waals surface area contributed by atoms with Gasteiger partial charge in [0.1, 0.15) is 16.9 Å². The van der Waals surface area contributed by atoms with Gasteiger partial charge in [-0.1, -0.05) is 18.2 Å². The van der Waals surface area contributed by atoms with Crippen LogP contribution in [-0.2, 0) is 5.60 Å². The van der Waals surface area contributed by atoms with Crippen LogP contribution in [0.25, 0.3) is 11.0 Å². The second-order valence-electron chi connectivity index (χ2n) is 6.49. The van der Waals surface area contributed by atoms with Gasteiger partial charge in [-0.3, -0.25) is 4.79 Å². The molecule has 0 spiro atoms. The number of amides is 1. The molecule has 7 heteroatoms. The standard InChI is InChI=1S/C21H23NO6/c1-21(24,17-11-13-7-5-6-8-15(13)28-17)12-22-20(23)14-9-10-16(25-2)19(27-4)18(14)26-3/h5-11,24H,12H2,1-4H3,(H,22,23). The molecule has 0 saturated carbocycles. The van der Waals surface area contributed by atoms with Crippen molar-refractivity contribution in [3.8, 4) is 17.2 Å². The van der Waals surface area contributed by atoms with Crippen molar-refractivity contribution in [1.29, 1.82) is 0 Å². The van der Waals surface area contributed by atoms with E-state index in [0.717, 1.165) is 5.39 Å². The zero-order valence-electron chi connectivity index (χ0n) is 16.2. The van der Waals surface area contributed by atoms with Crippen LogP contribution < -0.4 is 19.5 Å². The fourth-order valence-electron chi connectivity index (χ4n) is 2.96. The second-order valence-corrected chi connectivity index (χ2v) is 6.49. The van der Waals surface area contributed by atoms with Crippen LogP contribution in [0.2, 0.25) is 0 Å². The maximum atomic E-state index is 12.7. The molecule has 1 aromatic heterocycles. The lowest BCUT2D eigenvalue weighted by molar-refractivity contribution is 0.0344. The van der Waals surface area contributed by atoms with Crippen LogP contribution in [0.5, 0.6) is 17.2 Å². The Bertz CT molecular complexity index is 959. The van der Waals surface area contributed by atoms with Crippen LogP contribution >= 0.6 is 0 Å². The number of methoxy groups -OCH3 is 3. The molecule has 2 aromatic carbocycles. The first-order valence-electron chi connectivity index (χ1n) is 8.70. The molecule has 2 N–H and O–H groups in total. The number of carbonyl (C=O) groups excluding carboxylic acids is 1. The van der Waals surface area contributed by atoms with E-state index in [9.17, 15) is 9.90 Å². The lowest BCUT2D eigenvalue weighted by Gasteiger charge is -2.22. The summed E-state index contributed by atoms with van der Waals surface area (Å²) in [5, 5.41) is 14.4. The number of benzene rings is 2. The van der Waals surface area contributed by atoms with E-state index in [1.54, 1.807) is 25.1 Å². The molecule has 0 radical (unpaired) electrons. The summed E-state index contributed by atoms with van der Waals surface area (Å²) < 4.78 is 21.6. The number of ether oxygens (including phenoxy) is 3. The first-order chi connectivity index (χ1) is 13.4. The minimum Gasteiger partial charge on any atom is -0.493 e. The van der Waals surface area contributed by atoms with Gasteiger partial charge in [-0.25, -0.2) is 0 Å². The fraction of sp³-hybridized carbons (Fsp3) is 0.286. The average Bonchev–Trinajstić information content (AvgIpc) is 3.16. The molecule has 0 aliphatic carbocycles. The lowest BCUT2D eigenvalue weighted by atomic mass is 10.0. The Hall–Kier alpha value is -3.19. The van der Waals surface area contributed by atoms with E-state index in [1.165, 1.54) is 21.3 Å². The summed E-state index contributed by atoms with van der Waals surface area (Å²) in [4.78, 5) is 12.7. The van der Waals surface area contributed by atoms with Crippen LogP contribution in [0.1, 0.15) is 23.0 Å². The van der Waals surface area contributed by atoms with Crippen molar-refractivity contribution in [3.05, 3.63) is 53.8 Å². The normalized spacial score (nSPS) is 13.0. The number of aliphatic hydroxyl groups is 1. The Morgan fingerprint density at radius 2 is 1.79 bits per heavy atom. The molecule has 1 atom stereocenters. The molecule has 28 heavy (non-hydrogen) atoms. The number of hydrogen-bond acceptors (Lipinski definition) is 6. The van der Waals surface area contributed by atoms with E-state index in [-0.39, 0.29) is 17.9 Å². The Balaban J connectivity index is 1.81. The number of hydrogen-bond donors (Lipinski definition) is 2. The minimum absolute atomic E-state index is 0.0524. The molecular formula is C21H23NO6. The van der Waals surface area contributed by atoms with Crippen molar-refractivity contribution in [3.63, 3.8) is 0 Å². The fourth-order valence-corrected chi connectivity index (χ4v) is 2.96. The highest BCUT2D eigenvalue weighted by Gasteiger charge is 2.29. The number of furan rings is 1. The second kappa shape index (κ2) is 7.82. The number of rotatable bonds is 7. The van der Waals surface area contributed by atoms with Gasteiger partial charge in [0.25, 0.3) is 5.91 Å². The maximum absolute atomic E-state index is 12.7. The summed E-state index contributed by atoms with van der Waals surface area (Å²) in [6.45, 7) is 1.53. The first-order valence-corrected chi connectivity index (χ1v) is 8.70. The van der Waals surface area contributed by atoms with Crippen molar-refractivity contribution >= 4 is 16.9 Å². The molecule has 0 saturated heterocycles. The zero-order valence-corrected chi connectivity index (χ0v) is 16.2. The van der Waals surface area contributed by atoms with Crippen LogP contribution in [0.3, 0.4) is 0 Å². The Labute approximate surface area is 162 Å². The Morgan fingerprint density at radius 1 is 1.07 bits per heavy atom. The van der Waals surface area contributed by atoms with E-state index in [4.69, 9.17) is 18.6 Å². The first kappa shape index (κ1) is 19.6. The third-order valence-corrected chi connectivity index (χ3v) is 4.50. The van der Waals surface area contributed by atoms with Gasteiger partial charge in [0.05, 0.1) is 33.4 Å². The van der Waals surface area contributed by atoms with Crippen molar-refractivity contribution in [2.45, 2.75) is 12.5 Å². The molecule has 0 aliphatic rings. The molecule has 1 heterocycles. The van der Waals surface area contributed by atoms with E-state index < -0.39 is 11.5 Å². The number of carbonyl (C=O) groups is 1. The summed E-state index contributed by atoms with van der Waals surface area (Å²) in [5.41, 5.74) is -0.454. The van der Waals surface area contributed by atoms with Gasteiger partial charge in [0.2, 0.25) is 5.75 Å². The van der Waals surface area contributed by atoms with Gasteiger partial charge in [-0.2, -0.15) is 0 Å². The summed E-state index contributed by atoms with van der Waals surface area (Å²) in [6, 6.07) is 12.4. The van der Waals surface area contributed by atoms with Gasteiger partial charge < -0.3 is 29.1 Å². The maximum Gasteiger partial charge on any atom is 0.255 e. The van der Waals surface area contributed by atoms with Crippen molar-refractivity contribution < 1.29 is 28.5 Å². The third-order valence-electron chi connectivity index (χ3n) is 4.50. The third kappa shape index (κ3) is 3.61. The zero-order chi connectivity index (χ0) is 20.3. The number of para-hydroxylation sites is 1. The molecule has 0 aliphatic heterocycles. The quantitative estimate of drug-likeness (QED) is 0.650. The molecule has 3 rings (SSSR count). The molecule has 3 aromatic rings. The largest absolute Gasteiger partial charge is 0.493 e. The van der Waals surface area contributed by atoms with Crippen LogP contribution in [-0.4, -0.2) is 38.9 Å². The molecule has 1 unspecified atom stereocenters. The Kier molecular flexibility index (Phi) is 5.46. The van der Waals surface area contributed by atoms with Crippen LogP contribution in [0.15, 0.2) is 46.9 Å². The highest BCUT2D eigenvalue weighted by Crippen LogP contribution is 2.39. The minimum atomic E-state index is -1.39. The predicted molar refractivity (Wildman–Crippen MR) is 104 cm³/mol. The highest BCUT2D eigenvalue weighted by atomic mass is 16.5. The van der Waals surface area contributed by atoms with E-state index in [0.29, 0.717) is 22.8 Å². The van der Waals surface area contributed by atoms with Crippen molar-refractivity contribution in [2.24, 2.45) is 0 Å². The molecule has 7 nitrogen and oxygen atoms in total. The van der Waals surface area contributed by atoms with Gasteiger partial charge >= 0.3 is 0 Å². The predicted octanol–water partition coefficient (Wildman–Crippen LogP) is 3.10. The summed E-state index contributed by atoms with van der Waals surface area (Å²) in [5.74, 6) is 0.970. The van der Waals surface area contributed by atoms with Gasteiger partial charge in [0.15, 0.2) is 11.5 Å². The number of fused-ring (bicyclic) bond motifs is 1. The topological polar surface area (TPSA) is 90.2 Å². The van der Waals surface area contributed by atoms with Crippen LogP contribution in [0.4, 0.5) is 0 Å². The highest BCUT2D eigenvalue weighted by molar-refractivity contribution is 5.98. The molecule has 148 valence electrons. The van der Waals surface area contributed by atoms with Gasteiger partial charge in [0, 0.05) is 5.39 Å². The van der Waals surface area contributed by atoms with Gasteiger partial charge in [-0.15, -0.1) is 0 Å². The van der Waals surface area contributed by atoms with Crippen LogP contribution in [0, 0.1) is 0 Å². The smallest absolute Gasteiger partial charge is 0.255 e. The van der Waals surface area contributed by atoms with Gasteiger partial charge in [-0.05, 0) is 31.2 Å². The van der Waals surface area contributed by atoms with E-state index >= 15 is 0 Å². The van der Waals surface area contributed by atoms with E-state index in [2.05, 4.69) is 5.32 Å². The number of nitrogens with one attached hydrogen (secondary N) is 1. The SMILES string of the molecule is COc1ccc(C(=O)NCC(C)(O)c2cc3ccccc3o2)c(OC)c1OC. The molecule has 0 bridgehead atoms. The molecular weight excluding hydrogens is 362 g/mol. The monoisotopic (exact) mass is 385 g/mol. The Morgan fingerprint density at radius 3 is 2.43 bits per heavy atom. The summed E-state index contributed by atoms with van der Waals surface area (Å²) in [6.07, 6.45) is 0. The lowest BCUT2D eigenvalue weighted by Crippen LogP contribution is -2.38. The molecule has 1 amide bonds. The molecule has 0 fully saturated rings. The van der Waals surface area contributed by atoms with Crippen molar-refractivity contribution in [2.75, 3.05) is 27.9 Å². The summed E-state index contributed by atoms with van der Waals surface area (Å²) in [7, 11) is 4.41. The van der Waals surface area contributed by atoms with Crippen molar-refractivity contribution in [1.82, 2.24) is 5.32 Å². The van der Waals surface area contributed by atoms with E-state index in [1.807, 2.05) is 24.3 Å². The summed E-state index contributed by atoms with van der Waals surface area (Å²) >= 11 is 0. The average molecular weight is 385 g/mol.